The zero-order valence-corrected chi connectivity index (χ0v) is 14.4. The van der Waals surface area contributed by atoms with Gasteiger partial charge < -0.3 is 4.90 Å². The van der Waals surface area contributed by atoms with E-state index in [4.69, 9.17) is 11.6 Å². The van der Waals surface area contributed by atoms with Gasteiger partial charge in [0.2, 0.25) is 0 Å². The Balaban J connectivity index is 1.95. The highest BCUT2D eigenvalue weighted by molar-refractivity contribution is 7.09. The van der Waals surface area contributed by atoms with Gasteiger partial charge in [-0.3, -0.25) is 4.79 Å². The summed E-state index contributed by atoms with van der Waals surface area (Å²) in [4.78, 5) is 18.9. The fraction of sp³-hybridized carbons (Fsp3) is 0.111. The zero-order chi connectivity index (χ0) is 17.1. The molecule has 24 heavy (non-hydrogen) atoms. The fourth-order valence-electron chi connectivity index (χ4n) is 2.29. The average Bonchev–Trinajstić information content (AvgIpc) is 2.99. The number of carbonyl (C=O) groups excluding carboxylic acids is 1. The molecule has 2 aromatic carbocycles. The van der Waals surface area contributed by atoms with Crippen LogP contribution >= 0.6 is 22.9 Å². The van der Waals surface area contributed by atoms with Crippen LogP contribution in [0.15, 0.2) is 53.9 Å². The summed E-state index contributed by atoms with van der Waals surface area (Å²) >= 11 is 7.41. The van der Waals surface area contributed by atoms with Crippen molar-refractivity contribution in [2.45, 2.75) is 13.5 Å². The molecule has 0 saturated carbocycles. The molecule has 3 nitrogen and oxygen atoms in total. The molecule has 0 unspecified atom stereocenters. The van der Waals surface area contributed by atoms with Crippen molar-refractivity contribution in [1.29, 1.82) is 0 Å². The molecule has 1 heterocycles. The topological polar surface area (TPSA) is 33.2 Å². The van der Waals surface area contributed by atoms with Crippen molar-refractivity contribution >= 4 is 34.5 Å². The van der Waals surface area contributed by atoms with Crippen LogP contribution in [0.25, 0.3) is 0 Å². The van der Waals surface area contributed by atoms with Gasteiger partial charge in [-0.2, -0.15) is 0 Å². The van der Waals surface area contributed by atoms with Crippen molar-refractivity contribution in [3.8, 4) is 0 Å². The molecule has 0 aliphatic rings. The van der Waals surface area contributed by atoms with Gasteiger partial charge in [0.05, 0.1) is 17.2 Å². The van der Waals surface area contributed by atoms with Crippen molar-refractivity contribution in [1.82, 2.24) is 4.98 Å². The maximum atomic E-state index is 13.2. The molecule has 0 radical (unpaired) electrons. The zero-order valence-electron chi connectivity index (χ0n) is 12.9. The van der Waals surface area contributed by atoms with Crippen LogP contribution in [0.1, 0.15) is 21.1 Å². The van der Waals surface area contributed by atoms with Gasteiger partial charge in [-0.15, -0.1) is 11.3 Å². The number of carbonyl (C=O) groups is 1. The Kier molecular flexibility index (Phi) is 4.92. The highest BCUT2D eigenvalue weighted by atomic mass is 35.5. The lowest BCUT2D eigenvalue weighted by molar-refractivity contribution is 0.0985. The maximum Gasteiger partial charge on any atom is 0.258 e. The van der Waals surface area contributed by atoms with E-state index in [-0.39, 0.29) is 11.7 Å². The second-order valence-corrected chi connectivity index (χ2v) is 6.73. The number of aryl methyl sites for hydroxylation is 1. The van der Waals surface area contributed by atoms with Crippen molar-refractivity contribution in [3.63, 3.8) is 0 Å². The summed E-state index contributed by atoms with van der Waals surface area (Å²) in [5.41, 5.74) is 1.92. The second kappa shape index (κ2) is 7.11. The lowest BCUT2D eigenvalue weighted by Crippen LogP contribution is -2.30. The monoisotopic (exact) mass is 360 g/mol. The first-order valence-electron chi connectivity index (χ1n) is 7.27. The van der Waals surface area contributed by atoms with E-state index in [2.05, 4.69) is 4.98 Å². The molecule has 0 aliphatic carbocycles. The largest absolute Gasteiger partial charge is 0.302 e. The van der Waals surface area contributed by atoms with E-state index >= 15 is 0 Å². The number of hydrogen-bond donors (Lipinski definition) is 0. The van der Waals surface area contributed by atoms with Gasteiger partial charge in [0, 0.05) is 21.7 Å². The van der Waals surface area contributed by atoms with Gasteiger partial charge in [0.25, 0.3) is 5.91 Å². The first-order chi connectivity index (χ1) is 11.5. The van der Waals surface area contributed by atoms with Gasteiger partial charge in [-0.1, -0.05) is 11.6 Å². The van der Waals surface area contributed by atoms with Gasteiger partial charge in [0.1, 0.15) is 5.82 Å². The minimum absolute atomic E-state index is 0.191. The summed E-state index contributed by atoms with van der Waals surface area (Å²) in [6, 6.07) is 12.5. The number of rotatable bonds is 4. The van der Waals surface area contributed by atoms with Gasteiger partial charge in [0.15, 0.2) is 0 Å². The predicted octanol–water partition coefficient (Wildman–Crippen LogP) is 5.09. The normalized spacial score (nSPS) is 10.6. The molecule has 1 amide bonds. The van der Waals surface area contributed by atoms with Gasteiger partial charge in [-0.05, 0) is 55.5 Å². The fourth-order valence-corrected chi connectivity index (χ4v) is 3.02. The van der Waals surface area contributed by atoms with Crippen LogP contribution in [0.3, 0.4) is 0 Å². The summed E-state index contributed by atoms with van der Waals surface area (Å²) < 4.78 is 13.2. The SMILES string of the molecule is Cc1nc(CN(C(=O)c2ccc(Cl)cc2)c2ccc(F)cc2)cs1. The molecule has 0 spiro atoms. The summed E-state index contributed by atoms with van der Waals surface area (Å²) in [7, 11) is 0. The third-order valence-electron chi connectivity index (χ3n) is 3.46. The summed E-state index contributed by atoms with van der Waals surface area (Å²) in [6.07, 6.45) is 0. The molecule has 0 N–H and O–H groups in total. The third-order valence-corrected chi connectivity index (χ3v) is 4.54. The Morgan fingerprint density at radius 1 is 1.17 bits per heavy atom. The number of nitrogens with zero attached hydrogens (tertiary/aromatic N) is 2. The lowest BCUT2D eigenvalue weighted by atomic mass is 10.1. The van der Waals surface area contributed by atoms with E-state index < -0.39 is 0 Å². The first kappa shape index (κ1) is 16.6. The highest BCUT2D eigenvalue weighted by Gasteiger charge is 2.19. The van der Waals surface area contributed by atoms with E-state index in [9.17, 15) is 9.18 Å². The lowest BCUT2D eigenvalue weighted by Gasteiger charge is -2.22. The number of thiazole rings is 1. The maximum absolute atomic E-state index is 13.2. The molecule has 3 rings (SSSR count). The van der Waals surface area contributed by atoms with Crippen molar-refractivity contribution in [2.75, 3.05) is 4.90 Å². The quantitative estimate of drug-likeness (QED) is 0.649. The van der Waals surface area contributed by atoms with Crippen LogP contribution in [-0.2, 0) is 6.54 Å². The molecule has 0 aliphatic heterocycles. The number of anilines is 1. The number of aromatic nitrogens is 1. The number of halogens is 2. The molecule has 0 fully saturated rings. The van der Waals surface area contributed by atoms with Crippen molar-refractivity contribution < 1.29 is 9.18 Å². The van der Waals surface area contributed by atoms with Crippen LogP contribution in [0, 0.1) is 12.7 Å². The number of benzene rings is 2. The molecular formula is C18H14ClFN2OS. The minimum Gasteiger partial charge on any atom is -0.302 e. The third kappa shape index (κ3) is 3.80. The van der Waals surface area contributed by atoms with E-state index in [1.807, 2.05) is 12.3 Å². The van der Waals surface area contributed by atoms with Crippen LogP contribution in [0.5, 0.6) is 0 Å². The summed E-state index contributed by atoms with van der Waals surface area (Å²) in [6.45, 7) is 2.23. The summed E-state index contributed by atoms with van der Waals surface area (Å²) in [5.74, 6) is -0.536. The Labute approximate surface area is 148 Å². The molecule has 1 aromatic heterocycles. The van der Waals surface area contributed by atoms with Crippen LogP contribution in [-0.4, -0.2) is 10.9 Å². The standard InChI is InChI=1S/C18H14ClFN2OS/c1-12-21-16(11-24-12)10-22(17-8-6-15(20)7-9-17)18(23)13-2-4-14(19)5-3-13/h2-9,11H,10H2,1H3. The smallest absolute Gasteiger partial charge is 0.258 e. The second-order valence-electron chi connectivity index (χ2n) is 5.23. The molecule has 0 saturated heterocycles. The molecule has 0 bridgehead atoms. The van der Waals surface area contributed by atoms with Gasteiger partial charge >= 0.3 is 0 Å². The molecule has 122 valence electrons. The summed E-state index contributed by atoms with van der Waals surface area (Å²) in [5, 5.41) is 3.42. The Morgan fingerprint density at radius 2 is 1.83 bits per heavy atom. The highest BCUT2D eigenvalue weighted by Crippen LogP contribution is 2.22. The van der Waals surface area contributed by atoms with Crippen LogP contribution in [0.4, 0.5) is 10.1 Å². The molecule has 3 aromatic rings. The molecular weight excluding hydrogens is 347 g/mol. The van der Waals surface area contributed by atoms with Crippen LogP contribution in [0.2, 0.25) is 5.02 Å². The van der Waals surface area contributed by atoms with E-state index in [1.54, 1.807) is 41.3 Å². The Hall–Kier alpha value is -2.24. The van der Waals surface area contributed by atoms with Crippen molar-refractivity contribution in [3.05, 3.63) is 81.0 Å². The Morgan fingerprint density at radius 3 is 2.42 bits per heavy atom. The molecule has 6 heteroatoms. The van der Waals surface area contributed by atoms with E-state index in [0.29, 0.717) is 22.8 Å². The Bertz CT molecular complexity index is 846. The number of hydrogen-bond acceptors (Lipinski definition) is 3. The minimum atomic E-state index is -0.345. The van der Waals surface area contributed by atoms with Gasteiger partial charge in [-0.25, -0.2) is 9.37 Å². The number of amides is 1. The molecule has 0 atom stereocenters. The average molecular weight is 361 g/mol. The van der Waals surface area contributed by atoms with E-state index in [1.165, 1.54) is 23.5 Å². The first-order valence-corrected chi connectivity index (χ1v) is 8.53. The van der Waals surface area contributed by atoms with Crippen molar-refractivity contribution in [2.24, 2.45) is 0 Å². The predicted molar refractivity (Wildman–Crippen MR) is 95.2 cm³/mol. The van der Waals surface area contributed by atoms with E-state index in [0.717, 1.165) is 10.7 Å². The van der Waals surface area contributed by atoms with Crippen LogP contribution < -0.4 is 4.90 Å².